The fourth-order valence-electron chi connectivity index (χ4n) is 3.27. The second kappa shape index (κ2) is 4.91. The molecule has 0 bridgehead atoms. The second-order valence-corrected chi connectivity index (χ2v) is 5.72. The lowest BCUT2D eigenvalue weighted by Crippen LogP contribution is -2.28. The number of benzene rings is 1. The molecule has 0 unspecified atom stereocenters. The quantitative estimate of drug-likeness (QED) is 0.766. The van der Waals surface area contributed by atoms with Gasteiger partial charge in [-0.1, -0.05) is 24.6 Å². The van der Waals surface area contributed by atoms with Gasteiger partial charge in [0.15, 0.2) is 0 Å². The number of aromatic amines is 1. The molecule has 0 amide bonds. The van der Waals surface area contributed by atoms with Gasteiger partial charge in [-0.2, -0.15) is 0 Å². The number of likely N-dealkylation sites (tertiary alicyclic amines) is 1. The lowest BCUT2D eigenvalue weighted by molar-refractivity contribution is 0.221. The van der Waals surface area contributed by atoms with Gasteiger partial charge in [-0.25, -0.2) is 0 Å². The third-order valence-electron chi connectivity index (χ3n) is 4.35. The Balaban J connectivity index is 1.75. The first-order chi connectivity index (χ1) is 9.92. The Hall–Kier alpha value is -1.87. The average molecular weight is 265 g/mol. The van der Waals surface area contributed by atoms with E-state index >= 15 is 0 Å². The van der Waals surface area contributed by atoms with Crippen molar-refractivity contribution in [2.75, 3.05) is 13.1 Å². The minimum Gasteiger partial charge on any atom is -0.359 e. The van der Waals surface area contributed by atoms with Gasteiger partial charge in [0, 0.05) is 29.7 Å². The van der Waals surface area contributed by atoms with Crippen molar-refractivity contribution in [2.24, 2.45) is 0 Å². The Morgan fingerprint density at radius 3 is 2.90 bits per heavy atom. The van der Waals surface area contributed by atoms with E-state index < -0.39 is 0 Å². The van der Waals surface area contributed by atoms with Crippen LogP contribution < -0.4 is 0 Å². The van der Waals surface area contributed by atoms with E-state index in [0.29, 0.717) is 0 Å². The number of rotatable bonds is 2. The zero-order valence-corrected chi connectivity index (χ0v) is 11.6. The van der Waals surface area contributed by atoms with Crippen molar-refractivity contribution in [1.82, 2.24) is 14.9 Å². The molecule has 2 aromatic heterocycles. The van der Waals surface area contributed by atoms with E-state index in [1.807, 2.05) is 12.3 Å². The SMILES string of the molecule is c1c[nH]c2c(c1)ccc1c(CN3CCCCC3)cnc12. The summed E-state index contributed by atoms with van der Waals surface area (Å²) in [5, 5.41) is 2.52. The molecule has 3 nitrogen and oxygen atoms in total. The highest BCUT2D eigenvalue weighted by Gasteiger charge is 2.14. The minimum atomic E-state index is 1.04. The molecule has 1 aliphatic heterocycles. The first kappa shape index (κ1) is 11.9. The maximum absolute atomic E-state index is 4.65. The fourth-order valence-corrected chi connectivity index (χ4v) is 3.27. The van der Waals surface area contributed by atoms with Crippen LogP contribution in [0.4, 0.5) is 0 Å². The summed E-state index contributed by atoms with van der Waals surface area (Å²) < 4.78 is 0. The van der Waals surface area contributed by atoms with Crippen molar-refractivity contribution in [2.45, 2.75) is 25.8 Å². The van der Waals surface area contributed by atoms with Gasteiger partial charge in [0.2, 0.25) is 0 Å². The standard InChI is InChI=1S/C17H19N3/c1-2-9-20(10-3-1)12-14-11-19-17-15(14)7-6-13-5-4-8-18-16(13)17/h4-8,11,18H,1-3,9-10,12H2. The fraction of sp³-hybridized carbons (Fsp3) is 0.353. The van der Waals surface area contributed by atoms with E-state index in [9.17, 15) is 0 Å². The molecule has 0 saturated carbocycles. The average Bonchev–Trinajstić information content (AvgIpc) is 2.92. The first-order valence-corrected chi connectivity index (χ1v) is 7.48. The molecule has 3 heteroatoms. The largest absolute Gasteiger partial charge is 0.359 e. The lowest BCUT2D eigenvalue weighted by Gasteiger charge is -2.26. The highest BCUT2D eigenvalue weighted by molar-refractivity contribution is 6.04. The molecule has 1 aliphatic rings. The molecule has 20 heavy (non-hydrogen) atoms. The number of piperidine rings is 1. The van der Waals surface area contributed by atoms with Gasteiger partial charge in [0.05, 0.1) is 11.0 Å². The van der Waals surface area contributed by atoms with Crippen LogP contribution in [0.2, 0.25) is 0 Å². The third kappa shape index (κ3) is 1.98. The highest BCUT2D eigenvalue weighted by atomic mass is 15.1. The van der Waals surface area contributed by atoms with Gasteiger partial charge in [-0.3, -0.25) is 9.88 Å². The summed E-state index contributed by atoms with van der Waals surface area (Å²) in [5.41, 5.74) is 3.62. The maximum atomic E-state index is 4.65. The van der Waals surface area contributed by atoms with Crippen LogP contribution in [-0.2, 0) is 6.54 Å². The molecule has 1 N–H and O–H groups in total. The number of fused-ring (bicyclic) bond motifs is 3. The summed E-state index contributed by atoms with van der Waals surface area (Å²) in [4.78, 5) is 10.5. The zero-order valence-electron chi connectivity index (χ0n) is 11.6. The van der Waals surface area contributed by atoms with Crippen molar-refractivity contribution in [3.05, 3.63) is 42.2 Å². The molecule has 102 valence electrons. The Bertz CT molecular complexity index is 738. The van der Waals surface area contributed by atoms with E-state index in [-0.39, 0.29) is 0 Å². The highest BCUT2D eigenvalue weighted by Crippen LogP contribution is 2.26. The van der Waals surface area contributed by atoms with Crippen molar-refractivity contribution in [1.29, 1.82) is 0 Å². The second-order valence-electron chi connectivity index (χ2n) is 5.72. The van der Waals surface area contributed by atoms with Gasteiger partial charge in [0.25, 0.3) is 0 Å². The van der Waals surface area contributed by atoms with E-state index in [1.54, 1.807) is 0 Å². The van der Waals surface area contributed by atoms with E-state index in [0.717, 1.165) is 17.6 Å². The predicted octanol–water partition coefficient (Wildman–Crippen LogP) is 3.70. The maximum Gasteiger partial charge on any atom is 0.0946 e. The zero-order chi connectivity index (χ0) is 13.4. The summed E-state index contributed by atoms with van der Waals surface area (Å²) in [6, 6.07) is 8.57. The summed E-state index contributed by atoms with van der Waals surface area (Å²) >= 11 is 0. The number of nitrogens with zero attached hydrogens (tertiary/aromatic N) is 2. The number of pyridine rings is 1. The molecule has 1 fully saturated rings. The first-order valence-electron chi connectivity index (χ1n) is 7.48. The van der Waals surface area contributed by atoms with Crippen molar-refractivity contribution < 1.29 is 0 Å². The van der Waals surface area contributed by atoms with Crippen LogP contribution in [-0.4, -0.2) is 28.0 Å². The van der Waals surface area contributed by atoms with Gasteiger partial charge in [-0.05, 0) is 37.6 Å². The molecule has 0 radical (unpaired) electrons. The van der Waals surface area contributed by atoms with Crippen LogP contribution in [0.1, 0.15) is 24.8 Å². The number of nitrogens with one attached hydrogen (secondary N) is 1. The van der Waals surface area contributed by atoms with Crippen LogP contribution in [0.3, 0.4) is 0 Å². The molecular formula is C17H19N3. The van der Waals surface area contributed by atoms with Gasteiger partial charge < -0.3 is 4.98 Å². The van der Waals surface area contributed by atoms with Crippen LogP contribution in [0.25, 0.3) is 21.8 Å². The van der Waals surface area contributed by atoms with Crippen LogP contribution >= 0.6 is 0 Å². The molecule has 3 aromatic rings. The molecule has 3 heterocycles. The van der Waals surface area contributed by atoms with Gasteiger partial charge >= 0.3 is 0 Å². The van der Waals surface area contributed by atoms with Crippen LogP contribution in [0.15, 0.2) is 36.7 Å². The van der Waals surface area contributed by atoms with Crippen molar-refractivity contribution in [3.8, 4) is 0 Å². The summed E-state index contributed by atoms with van der Waals surface area (Å²) in [7, 11) is 0. The van der Waals surface area contributed by atoms with Crippen molar-refractivity contribution >= 4 is 21.8 Å². The molecule has 0 atom stereocenters. The number of hydrogen-bond donors (Lipinski definition) is 1. The minimum absolute atomic E-state index is 1.04. The summed E-state index contributed by atoms with van der Waals surface area (Å²) in [6.45, 7) is 3.49. The van der Waals surface area contributed by atoms with E-state index in [1.165, 1.54) is 48.7 Å². The van der Waals surface area contributed by atoms with Crippen LogP contribution in [0, 0.1) is 0 Å². The smallest absolute Gasteiger partial charge is 0.0946 e. The van der Waals surface area contributed by atoms with E-state index in [4.69, 9.17) is 0 Å². The van der Waals surface area contributed by atoms with Crippen LogP contribution in [0.5, 0.6) is 0 Å². The summed E-state index contributed by atoms with van der Waals surface area (Å²) in [5.74, 6) is 0. The molecule has 0 aliphatic carbocycles. The molecule has 0 spiro atoms. The molecule has 1 aromatic carbocycles. The normalized spacial score (nSPS) is 17.0. The molecule has 4 rings (SSSR count). The monoisotopic (exact) mass is 265 g/mol. The topological polar surface area (TPSA) is 31.9 Å². The molecule has 1 saturated heterocycles. The lowest BCUT2D eigenvalue weighted by atomic mass is 10.1. The van der Waals surface area contributed by atoms with Crippen molar-refractivity contribution in [3.63, 3.8) is 0 Å². The number of hydrogen-bond acceptors (Lipinski definition) is 2. The summed E-state index contributed by atoms with van der Waals surface area (Å²) in [6.07, 6.45) is 8.09. The van der Waals surface area contributed by atoms with E-state index in [2.05, 4.69) is 39.3 Å². The Morgan fingerprint density at radius 1 is 1.10 bits per heavy atom. The Labute approximate surface area is 118 Å². The number of H-pyrrole nitrogens is 1. The Morgan fingerprint density at radius 2 is 2.00 bits per heavy atom. The predicted molar refractivity (Wildman–Crippen MR) is 82.7 cm³/mol. The van der Waals surface area contributed by atoms with Gasteiger partial charge in [-0.15, -0.1) is 0 Å². The molecular weight excluding hydrogens is 246 g/mol. The third-order valence-corrected chi connectivity index (χ3v) is 4.35. The Kier molecular flexibility index (Phi) is 2.92. The number of aromatic nitrogens is 2. The van der Waals surface area contributed by atoms with Gasteiger partial charge in [0.1, 0.15) is 0 Å².